The second-order valence-electron chi connectivity index (χ2n) is 6.28. The Morgan fingerprint density at radius 2 is 1.87 bits per heavy atom. The quantitative estimate of drug-likeness (QED) is 0.440. The Bertz CT molecular complexity index is 1320. The van der Waals surface area contributed by atoms with Crippen LogP contribution in [-0.4, -0.2) is 28.7 Å². The van der Waals surface area contributed by atoms with Crippen molar-refractivity contribution < 1.29 is 27.0 Å². The molecule has 0 amide bonds. The summed E-state index contributed by atoms with van der Waals surface area (Å²) in [7, 11) is 1.29. The molecule has 30 heavy (non-hydrogen) atoms. The minimum atomic E-state index is -3.02. The lowest BCUT2D eigenvalue weighted by Gasteiger charge is -2.11. The maximum absolute atomic E-state index is 13.1. The van der Waals surface area contributed by atoms with E-state index < -0.39 is 18.6 Å². The van der Waals surface area contributed by atoms with Crippen LogP contribution in [-0.2, 0) is 0 Å². The first-order valence-corrected chi connectivity index (χ1v) is 9.35. The summed E-state index contributed by atoms with van der Waals surface area (Å²) in [5.74, 6) is 0.0248. The number of aromatic nitrogens is 3. The van der Waals surface area contributed by atoms with Crippen LogP contribution in [0.25, 0.3) is 31.8 Å². The Morgan fingerprint density at radius 1 is 1.10 bits per heavy atom. The van der Waals surface area contributed by atoms with Gasteiger partial charge in [0, 0.05) is 10.9 Å². The highest BCUT2D eigenvalue weighted by Crippen LogP contribution is 2.36. The molecule has 0 atom stereocenters. The van der Waals surface area contributed by atoms with Gasteiger partial charge in [0.2, 0.25) is 0 Å². The molecule has 0 bridgehead atoms. The summed E-state index contributed by atoms with van der Waals surface area (Å²) in [6.45, 7) is -1.38. The number of fused-ring (bicyclic) bond motifs is 3. The molecular formula is C19H13F4N3O3S. The number of methoxy groups -OCH3 is 1. The number of hydrogen-bond acceptors (Lipinski definition) is 6. The molecule has 0 aliphatic heterocycles. The number of H-pyrrole nitrogens is 1. The molecule has 3 heterocycles. The van der Waals surface area contributed by atoms with E-state index in [0.717, 1.165) is 11.3 Å². The Balaban J connectivity index is 1.91. The molecular weight excluding hydrogens is 426 g/mol. The summed E-state index contributed by atoms with van der Waals surface area (Å²) in [5.41, 5.74) is 0.391. The summed E-state index contributed by atoms with van der Waals surface area (Å²) in [6.07, 6.45) is -2.73. The summed E-state index contributed by atoms with van der Waals surface area (Å²) in [4.78, 5) is 24.0. The van der Waals surface area contributed by atoms with Gasteiger partial charge in [-0.15, -0.1) is 11.3 Å². The number of benzene rings is 1. The van der Waals surface area contributed by atoms with Crippen LogP contribution in [0.5, 0.6) is 11.5 Å². The second-order valence-corrected chi connectivity index (χ2v) is 7.28. The van der Waals surface area contributed by atoms with Crippen molar-refractivity contribution in [3.05, 3.63) is 45.9 Å². The molecule has 4 rings (SSSR count). The minimum Gasteiger partial charge on any atom is -0.493 e. The van der Waals surface area contributed by atoms with Crippen LogP contribution in [0.1, 0.15) is 17.7 Å². The summed E-state index contributed by atoms with van der Waals surface area (Å²) < 4.78 is 60.9. The molecule has 0 unspecified atom stereocenters. The molecule has 1 N–H and O–H groups in total. The highest BCUT2D eigenvalue weighted by Gasteiger charge is 2.19. The summed E-state index contributed by atoms with van der Waals surface area (Å²) >= 11 is 0.976. The van der Waals surface area contributed by atoms with Crippen molar-refractivity contribution in [3.8, 4) is 22.9 Å². The van der Waals surface area contributed by atoms with Crippen molar-refractivity contribution in [2.75, 3.05) is 7.11 Å². The zero-order valence-electron chi connectivity index (χ0n) is 15.5. The van der Waals surface area contributed by atoms with Gasteiger partial charge in [-0.05, 0) is 36.8 Å². The van der Waals surface area contributed by atoms with Crippen molar-refractivity contribution in [3.63, 3.8) is 0 Å². The van der Waals surface area contributed by atoms with Gasteiger partial charge in [-0.3, -0.25) is 4.79 Å². The lowest BCUT2D eigenvalue weighted by atomic mass is 10.1. The Hall–Kier alpha value is -3.21. The smallest absolute Gasteiger partial charge is 0.387 e. The third kappa shape index (κ3) is 3.45. The van der Waals surface area contributed by atoms with E-state index in [1.54, 1.807) is 6.92 Å². The molecule has 156 valence electrons. The third-order valence-electron chi connectivity index (χ3n) is 4.39. The Kier molecular flexibility index (Phi) is 5.06. The van der Waals surface area contributed by atoms with Crippen LogP contribution in [0.3, 0.4) is 0 Å². The molecule has 3 aromatic heterocycles. The molecule has 0 saturated carbocycles. The van der Waals surface area contributed by atoms with Crippen LogP contribution >= 0.6 is 11.3 Å². The summed E-state index contributed by atoms with van der Waals surface area (Å²) in [5, 5.41) is 0.511. The maximum atomic E-state index is 13.1. The van der Waals surface area contributed by atoms with Crippen molar-refractivity contribution in [2.45, 2.75) is 20.0 Å². The predicted molar refractivity (Wildman–Crippen MR) is 104 cm³/mol. The zero-order chi connectivity index (χ0) is 21.6. The highest BCUT2D eigenvalue weighted by atomic mass is 32.1. The molecule has 0 spiro atoms. The van der Waals surface area contributed by atoms with Gasteiger partial charge in [-0.25, -0.2) is 18.7 Å². The number of alkyl halides is 4. The first-order chi connectivity index (χ1) is 14.3. The van der Waals surface area contributed by atoms with Crippen molar-refractivity contribution in [2.24, 2.45) is 0 Å². The van der Waals surface area contributed by atoms with Crippen LogP contribution in [0.4, 0.5) is 17.6 Å². The van der Waals surface area contributed by atoms with Gasteiger partial charge < -0.3 is 14.5 Å². The number of ether oxygens (including phenoxy) is 2. The topological polar surface area (TPSA) is 77.1 Å². The molecule has 11 heteroatoms. The molecule has 0 aliphatic rings. The molecule has 0 aliphatic carbocycles. The number of halogens is 4. The standard InChI is InChI=1S/C19H13F4N3O3S/c1-7-5-9(15(20)21)24-18-12(7)13-14(30-18)17(27)26-16(25-13)8-3-4-10(29-19(22)23)11(6-8)28-2/h3-6,15,19H,1-2H3,(H,25,26,27). The van der Waals surface area contributed by atoms with Crippen LogP contribution in [0.15, 0.2) is 29.1 Å². The third-order valence-corrected chi connectivity index (χ3v) is 5.46. The molecule has 6 nitrogen and oxygen atoms in total. The first-order valence-electron chi connectivity index (χ1n) is 8.54. The average molecular weight is 439 g/mol. The number of thiophene rings is 1. The minimum absolute atomic E-state index is 0.0325. The molecule has 0 fully saturated rings. The van der Waals surface area contributed by atoms with E-state index in [1.165, 1.54) is 31.4 Å². The molecule has 0 saturated heterocycles. The predicted octanol–water partition coefficient (Wildman–Crippen LogP) is 5.06. The van der Waals surface area contributed by atoms with E-state index in [4.69, 9.17) is 4.74 Å². The van der Waals surface area contributed by atoms with E-state index in [1.807, 2.05) is 0 Å². The Morgan fingerprint density at radius 3 is 2.53 bits per heavy atom. The zero-order valence-corrected chi connectivity index (χ0v) is 16.3. The number of nitrogens with one attached hydrogen (secondary N) is 1. The van der Waals surface area contributed by atoms with Crippen LogP contribution < -0.4 is 15.0 Å². The highest BCUT2D eigenvalue weighted by molar-refractivity contribution is 7.25. The second kappa shape index (κ2) is 7.56. The van der Waals surface area contributed by atoms with E-state index >= 15 is 0 Å². The van der Waals surface area contributed by atoms with Crippen LogP contribution in [0.2, 0.25) is 0 Å². The van der Waals surface area contributed by atoms with E-state index in [0.29, 0.717) is 22.0 Å². The fourth-order valence-electron chi connectivity index (χ4n) is 3.11. The normalized spacial score (nSPS) is 11.7. The van der Waals surface area contributed by atoms with Crippen molar-refractivity contribution in [1.82, 2.24) is 15.0 Å². The van der Waals surface area contributed by atoms with Gasteiger partial charge in [0.05, 0.1) is 12.6 Å². The van der Waals surface area contributed by atoms with Crippen molar-refractivity contribution in [1.29, 1.82) is 0 Å². The first kappa shape index (κ1) is 20.1. The van der Waals surface area contributed by atoms with E-state index in [9.17, 15) is 22.4 Å². The molecule has 1 aromatic carbocycles. The van der Waals surface area contributed by atoms with Crippen LogP contribution in [0, 0.1) is 6.92 Å². The van der Waals surface area contributed by atoms with Crippen molar-refractivity contribution >= 4 is 31.8 Å². The average Bonchev–Trinajstić information content (AvgIpc) is 3.07. The monoisotopic (exact) mass is 439 g/mol. The molecule has 0 radical (unpaired) electrons. The fraction of sp³-hybridized carbons (Fsp3) is 0.211. The number of aryl methyl sites for hydroxylation is 1. The number of pyridine rings is 1. The molecule has 4 aromatic rings. The fourth-order valence-corrected chi connectivity index (χ4v) is 4.20. The summed E-state index contributed by atoms with van der Waals surface area (Å²) in [6, 6.07) is 5.38. The van der Waals surface area contributed by atoms with Gasteiger partial charge >= 0.3 is 6.61 Å². The number of rotatable bonds is 5. The van der Waals surface area contributed by atoms with E-state index in [-0.39, 0.29) is 32.5 Å². The van der Waals surface area contributed by atoms with Gasteiger partial charge in [-0.2, -0.15) is 8.78 Å². The SMILES string of the molecule is COc1cc(-c2nc3c(sc4nc(C(F)F)cc(C)c43)c(=O)[nH]2)ccc1OC(F)F. The number of hydrogen-bond donors (Lipinski definition) is 1. The lowest BCUT2D eigenvalue weighted by molar-refractivity contribution is -0.0512. The van der Waals surface area contributed by atoms with Gasteiger partial charge in [0.25, 0.3) is 12.0 Å². The number of aromatic amines is 1. The largest absolute Gasteiger partial charge is 0.493 e. The van der Waals surface area contributed by atoms with Gasteiger partial charge in [0.1, 0.15) is 21.0 Å². The number of nitrogens with zero attached hydrogens (tertiary/aromatic N) is 2. The van der Waals surface area contributed by atoms with E-state index in [2.05, 4.69) is 19.7 Å². The Labute approximate surface area is 170 Å². The maximum Gasteiger partial charge on any atom is 0.387 e. The van der Waals surface area contributed by atoms with Gasteiger partial charge in [0.15, 0.2) is 11.5 Å². The lowest BCUT2D eigenvalue weighted by Crippen LogP contribution is -2.08. The van der Waals surface area contributed by atoms with Gasteiger partial charge in [-0.1, -0.05) is 0 Å².